The summed E-state index contributed by atoms with van der Waals surface area (Å²) in [5, 5.41) is 17.4. The van der Waals surface area contributed by atoms with Crippen molar-refractivity contribution in [2.45, 2.75) is 55.6 Å². The highest BCUT2D eigenvalue weighted by atomic mass is 79.9. The first kappa shape index (κ1) is 24.0. The van der Waals surface area contributed by atoms with Gasteiger partial charge in [0.1, 0.15) is 5.75 Å². The lowest BCUT2D eigenvalue weighted by Crippen LogP contribution is -2.67. The van der Waals surface area contributed by atoms with E-state index in [1.54, 1.807) is 24.5 Å². The molecule has 2 saturated carbocycles. The van der Waals surface area contributed by atoms with Gasteiger partial charge < -0.3 is 20.1 Å². The van der Waals surface area contributed by atoms with E-state index in [1.807, 2.05) is 29.7 Å². The molecule has 2 aromatic rings. The molecule has 1 aromatic carbocycles. The van der Waals surface area contributed by atoms with Crippen LogP contribution in [-0.2, 0) is 10.2 Å². The number of piperidine rings is 1. The molecule has 2 heterocycles. The van der Waals surface area contributed by atoms with Gasteiger partial charge >= 0.3 is 0 Å². The first-order valence-electron chi connectivity index (χ1n) is 12.2. The molecule has 182 valence electrons. The summed E-state index contributed by atoms with van der Waals surface area (Å²) in [5.74, 6) is 1.54. The number of β-amino-alcohol motifs (C(OH)–C–C–N with tert-alkyl or cyclic N) is 1. The normalized spacial score (nSPS) is 29.7. The van der Waals surface area contributed by atoms with E-state index < -0.39 is 11.0 Å². The molecule has 0 spiro atoms. The summed E-state index contributed by atoms with van der Waals surface area (Å²) in [4.78, 5) is 16.3. The van der Waals surface area contributed by atoms with Crippen molar-refractivity contribution in [1.82, 2.24) is 10.2 Å². The van der Waals surface area contributed by atoms with Gasteiger partial charge in [-0.2, -0.15) is 0 Å². The number of nitrogens with zero attached hydrogens (tertiary/aromatic N) is 1. The lowest BCUT2D eigenvalue weighted by atomic mass is 9.55. The third-order valence-corrected chi connectivity index (χ3v) is 9.56. The molecule has 1 aromatic heterocycles. The van der Waals surface area contributed by atoms with Gasteiger partial charge in [0, 0.05) is 45.4 Å². The second-order valence-electron chi connectivity index (χ2n) is 10.2. The Morgan fingerprint density at radius 3 is 2.91 bits per heavy atom. The van der Waals surface area contributed by atoms with Crippen LogP contribution in [0.4, 0.5) is 0 Å². The summed E-state index contributed by atoms with van der Waals surface area (Å²) < 4.78 is 6.56. The van der Waals surface area contributed by atoms with E-state index in [4.69, 9.17) is 4.74 Å². The number of benzene rings is 1. The molecule has 5 nitrogen and oxygen atoms in total. The van der Waals surface area contributed by atoms with E-state index in [0.29, 0.717) is 13.0 Å². The second kappa shape index (κ2) is 9.76. The standard InChI is InChI=1S/C27H33BrN2O3S/c1-33-23-4-2-3-20(13-23)26-11-12-30(16-19-5-6-19)18-27(26,32)10-9-22(15-26)29-25(31)8-7-24-14-21(28)17-34-24/h2-4,7-8,13-14,17,19,22,32H,5-6,9-12,15-16,18H2,1H3,(H,29,31)/b8-7+/t22-,26+,27+/m1/s1. The van der Waals surface area contributed by atoms with Crippen LogP contribution in [0, 0.1) is 5.92 Å². The molecule has 3 aliphatic rings. The van der Waals surface area contributed by atoms with Crippen molar-refractivity contribution in [3.8, 4) is 5.75 Å². The van der Waals surface area contributed by atoms with Crippen LogP contribution in [0.25, 0.3) is 6.08 Å². The molecular formula is C27H33BrN2O3S. The van der Waals surface area contributed by atoms with Gasteiger partial charge in [0.2, 0.25) is 5.91 Å². The van der Waals surface area contributed by atoms with Crippen molar-refractivity contribution in [2.75, 3.05) is 26.7 Å². The summed E-state index contributed by atoms with van der Waals surface area (Å²) >= 11 is 5.05. The van der Waals surface area contributed by atoms with Gasteiger partial charge in [-0.3, -0.25) is 4.79 Å². The van der Waals surface area contributed by atoms with E-state index >= 15 is 0 Å². The van der Waals surface area contributed by atoms with E-state index in [2.05, 4.69) is 38.3 Å². The minimum atomic E-state index is -0.813. The Hall–Kier alpha value is -1.67. The highest BCUT2D eigenvalue weighted by Gasteiger charge is 2.57. The fourth-order valence-electron chi connectivity index (χ4n) is 5.95. The van der Waals surface area contributed by atoms with Crippen molar-refractivity contribution in [3.05, 3.63) is 56.7 Å². The molecule has 1 amide bonds. The predicted octanol–water partition coefficient (Wildman–Crippen LogP) is 4.99. The number of methoxy groups -OCH3 is 1. The lowest BCUT2D eigenvalue weighted by molar-refractivity contribution is -0.132. The Kier molecular flexibility index (Phi) is 6.90. The highest BCUT2D eigenvalue weighted by molar-refractivity contribution is 9.10. The van der Waals surface area contributed by atoms with Crippen LogP contribution >= 0.6 is 27.3 Å². The lowest BCUT2D eigenvalue weighted by Gasteiger charge is -2.58. The topological polar surface area (TPSA) is 61.8 Å². The molecule has 5 rings (SSSR count). The number of hydrogen-bond donors (Lipinski definition) is 2. The number of likely N-dealkylation sites (tertiary alicyclic amines) is 1. The Balaban J connectivity index is 1.36. The molecular weight excluding hydrogens is 512 g/mol. The van der Waals surface area contributed by atoms with Gasteiger partial charge in [0.05, 0.1) is 12.7 Å². The quantitative estimate of drug-likeness (QED) is 0.482. The van der Waals surface area contributed by atoms with Crippen LogP contribution in [0.1, 0.15) is 49.0 Å². The van der Waals surface area contributed by atoms with Gasteiger partial charge in [0.15, 0.2) is 0 Å². The monoisotopic (exact) mass is 544 g/mol. The number of fused-ring (bicyclic) bond motifs is 1. The fraction of sp³-hybridized carbons (Fsp3) is 0.519. The molecule has 1 saturated heterocycles. The average molecular weight is 546 g/mol. The maximum absolute atomic E-state index is 12.8. The van der Waals surface area contributed by atoms with Gasteiger partial charge in [0.25, 0.3) is 0 Å². The van der Waals surface area contributed by atoms with Crippen molar-refractivity contribution < 1.29 is 14.6 Å². The average Bonchev–Trinajstić information content (AvgIpc) is 3.55. The summed E-state index contributed by atoms with van der Waals surface area (Å²) in [5.41, 5.74) is -0.0919. The second-order valence-corrected chi connectivity index (χ2v) is 12.1. The molecule has 2 N–H and O–H groups in total. The summed E-state index contributed by atoms with van der Waals surface area (Å²) in [6, 6.07) is 10.2. The first-order valence-corrected chi connectivity index (χ1v) is 13.9. The highest BCUT2D eigenvalue weighted by Crippen LogP contribution is 2.52. The maximum atomic E-state index is 12.8. The van der Waals surface area contributed by atoms with Gasteiger partial charge in [-0.15, -0.1) is 11.3 Å². The molecule has 7 heteroatoms. The van der Waals surface area contributed by atoms with Crippen molar-refractivity contribution >= 4 is 39.2 Å². The minimum Gasteiger partial charge on any atom is -0.497 e. The Morgan fingerprint density at radius 2 is 2.18 bits per heavy atom. The molecule has 2 aliphatic carbocycles. The van der Waals surface area contributed by atoms with E-state index in [1.165, 1.54) is 12.8 Å². The van der Waals surface area contributed by atoms with Crippen LogP contribution < -0.4 is 10.1 Å². The Labute approximate surface area is 214 Å². The number of amides is 1. The Bertz CT molecular complexity index is 1070. The number of hydrogen-bond acceptors (Lipinski definition) is 5. The van der Waals surface area contributed by atoms with Crippen molar-refractivity contribution in [3.63, 3.8) is 0 Å². The van der Waals surface area contributed by atoms with Crippen molar-refractivity contribution in [1.29, 1.82) is 0 Å². The molecule has 3 fully saturated rings. The maximum Gasteiger partial charge on any atom is 0.244 e. The molecule has 1 aliphatic heterocycles. The summed E-state index contributed by atoms with van der Waals surface area (Å²) in [7, 11) is 1.68. The SMILES string of the molecule is COc1cccc([C@@]23CCN(CC4CC4)C[C@@]2(O)CC[C@@H](NC(=O)/C=C/c2cc(Br)cs2)C3)c1. The van der Waals surface area contributed by atoms with E-state index in [0.717, 1.165) is 58.9 Å². The van der Waals surface area contributed by atoms with Crippen LogP contribution in [0.3, 0.4) is 0 Å². The molecule has 0 unspecified atom stereocenters. The number of ether oxygens (including phenoxy) is 1. The first-order chi connectivity index (χ1) is 16.4. The molecule has 0 radical (unpaired) electrons. The van der Waals surface area contributed by atoms with Crippen LogP contribution in [0.2, 0.25) is 0 Å². The van der Waals surface area contributed by atoms with Gasteiger partial charge in [-0.25, -0.2) is 0 Å². The number of halogens is 1. The number of aliphatic hydroxyl groups is 1. The third-order valence-electron chi connectivity index (χ3n) is 7.90. The number of carbonyl (C=O) groups excluding carboxylic acids is 1. The zero-order chi connectivity index (χ0) is 23.8. The number of nitrogens with one attached hydrogen (secondary N) is 1. The molecule has 0 bridgehead atoms. The van der Waals surface area contributed by atoms with Crippen LogP contribution in [0.15, 0.2) is 46.3 Å². The van der Waals surface area contributed by atoms with Gasteiger partial charge in [-0.1, -0.05) is 12.1 Å². The number of carbonyl (C=O) groups is 1. The zero-order valence-corrected chi connectivity index (χ0v) is 22.0. The van der Waals surface area contributed by atoms with Crippen LogP contribution in [0.5, 0.6) is 5.75 Å². The minimum absolute atomic E-state index is 0.0219. The largest absolute Gasteiger partial charge is 0.497 e. The fourth-order valence-corrected chi connectivity index (χ4v) is 7.28. The van der Waals surface area contributed by atoms with Crippen molar-refractivity contribution in [2.24, 2.45) is 5.92 Å². The van der Waals surface area contributed by atoms with Crippen LogP contribution in [-0.4, -0.2) is 54.3 Å². The zero-order valence-electron chi connectivity index (χ0n) is 19.6. The third kappa shape index (κ3) is 4.99. The summed E-state index contributed by atoms with van der Waals surface area (Å²) in [6.07, 6.45) is 9.20. The Morgan fingerprint density at radius 1 is 1.32 bits per heavy atom. The van der Waals surface area contributed by atoms with Gasteiger partial charge in [-0.05, 0) is 96.8 Å². The summed E-state index contributed by atoms with van der Waals surface area (Å²) in [6.45, 7) is 2.78. The van der Waals surface area contributed by atoms with E-state index in [9.17, 15) is 9.90 Å². The smallest absolute Gasteiger partial charge is 0.244 e. The molecule has 3 atom stereocenters. The van der Waals surface area contributed by atoms with E-state index in [-0.39, 0.29) is 11.9 Å². The predicted molar refractivity (Wildman–Crippen MR) is 140 cm³/mol. The number of rotatable bonds is 7. The number of thiophene rings is 1. The molecule has 34 heavy (non-hydrogen) atoms.